The number of rotatable bonds is 3. The van der Waals surface area contributed by atoms with Gasteiger partial charge in [-0.1, -0.05) is 15.9 Å². The summed E-state index contributed by atoms with van der Waals surface area (Å²) < 4.78 is 6.00. The topological polar surface area (TPSA) is 59.6 Å². The Morgan fingerprint density at radius 2 is 2.40 bits per heavy atom. The van der Waals surface area contributed by atoms with Gasteiger partial charge in [-0.3, -0.25) is 5.43 Å². The van der Waals surface area contributed by atoms with E-state index in [0.29, 0.717) is 0 Å². The number of thiocarbonyl (C=S) groups is 1. The molecule has 1 aromatic carbocycles. The summed E-state index contributed by atoms with van der Waals surface area (Å²) in [6.07, 6.45) is 1.60. The van der Waals surface area contributed by atoms with Crippen LogP contribution in [0, 0.1) is 0 Å². The molecule has 0 fully saturated rings. The van der Waals surface area contributed by atoms with Crippen molar-refractivity contribution in [2.24, 2.45) is 10.8 Å². The number of nitrogens with zero attached hydrogens (tertiary/aromatic N) is 1. The minimum absolute atomic E-state index is 0.130. The monoisotopic (exact) mass is 287 g/mol. The van der Waals surface area contributed by atoms with Crippen LogP contribution in [-0.2, 0) is 0 Å². The first kappa shape index (κ1) is 11.9. The second kappa shape index (κ2) is 5.67. The van der Waals surface area contributed by atoms with Crippen molar-refractivity contribution in [1.29, 1.82) is 0 Å². The van der Waals surface area contributed by atoms with E-state index in [4.69, 9.17) is 10.5 Å². The molecule has 0 radical (unpaired) electrons. The van der Waals surface area contributed by atoms with Gasteiger partial charge in [0.25, 0.3) is 0 Å². The fourth-order valence-electron chi connectivity index (χ4n) is 0.913. The van der Waals surface area contributed by atoms with Crippen LogP contribution < -0.4 is 15.9 Å². The van der Waals surface area contributed by atoms with Crippen LogP contribution in [0.4, 0.5) is 0 Å². The van der Waals surface area contributed by atoms with Gasteiger partial charge in [-0.25, -0.2) is 0 Å². The van der Waals surface area contributed by atoms with E-state index in [-0.39, 0.29) is 5.11 Å². The van der Waals surface area contributed by atoms with Gasteiger partial charge in [-0.05, 0) is 30.4 Å². The first-order valence-electron chi connectivity index (χ1n) is 4.05. The molecule has 0 atom stereocenters. The van der Waals surface area contributed by atoms with Crippen molar-refractivity contribution in [3.05, 3.63) is 28.2 Å². The van der Waals surface area contributed by atoms with Gasteiger partial charge in [0.2, 0.25) is 0 Å². The van der Waals surface area contributed by atoms with E-state index in [1.807, 2.05) is 18.2 Å². The molecule has 0 saturated heterocycles. The molecule has 80 valence electrons. The molecule has 0 amide bonds. The highest BCUT2D eigenvalue weighted by molar-refractivity contribution is 9.10. The Balaban J connectivity index is 2.83. The summed E-state index contributed by atoms with van der Waals surface area (Å²) in [6, 6.07) is 5.57. The smallest absolute Gasteiger partial charge is 0.184 e. The van der Waals surface area contributed by atoms with E-state index in [2.05, 4.69) is 38.7 Å². The van der Waals surface area contributed by atoms with E-state index >= 15 is 0 Å². The first-order valence-corrected chi connectivity index (χ1v) is 5.25. The Bertz CT molecular complexity index is 395. The lowest BCUT2D eigenvalue weighted by Crippen LogP contribution is -2.24. The predicted octanol–water partition coefficient (Wildman–Crippen LogP) is 1.62. The number of hydrazone groups is 1. The summed E-state index contributed by atoms with van der Waals surface area (Å²) in [5, 5.41) is 3.98. The summed E-state index contributed by atoms with van der Waals surface area (Å²) in [4.78, 5) is 0. The standard InChI is InChI=1S/C9H10BrN3OS/c1-14-7-2-3-8(10)6(4-7)5-12-13-9(11)15/h2-5H,1H3,(H3,11,13,15). The summed E-state index contributed by atoms with van der Waals surface area (Å²) >= 11 is 8.00. The molecule has 0 aliphatic rings. The van der Waals surface area contributed by atoms with Crippen molar-refractivity contribution in [2.75, 3.05) is 7.11 Å². The number of hydrogen-bond donors (Lipinski definition) is 2. The Labute approximate surface area is 102 Å². The minimum Gasteiger partial charge on any atom is -0.497 e. The van der Waals surface area contributed by atoms with E-state index in [1.54, 1.807) is 13.3 Å². The Hall–Kier alpha value is -1.14. The number of halogens is 1. The van der Waals surface area contributed by atoms with Crippen LogP contribution in [0.3, 0.4) is 0 Å². The molecule has 0 spiro atoms. The molecule has 0 saturated carbocycles. The van der Waals surface area contributed by atoms with Gasteiger partial charge in [-0.2, -0.15) is 5.10 Å². The molecule has 0 aliphatic heterocycles. The van der Waals surface area contributed by atoms with Crippen molar-refractivity contribution >= 4 is 39.5 Å². The molecule has 0 bridgehead atoms. The Kier molecular flexibility index (Phi) is 4.51. The van der Waals surface area contributed by atoms with Gasteiger partial charge in [0, 0.05) is 10.0 Å². The van der Waals surface area contributed by atoms with Crippen LogP contribution >= 0.6 is 28.1 Å². The van der Waals surface area contributed by atoms with Gasteiger partial charge >= 0.3 is 0 Å². The normalized spacial score (nSPS) is 10.3. The molecule has 4 nitrogen and oxygen atoms in total. The highest BCUT2D eigenvalue weighted by Crippen LogP contribution is 2.20. The fraction of sp³-hybridized carbons (Fsp3) is 0.111. The molecule has 0 unspecified atom stereocenters. The number of methoxy groups -OCH3 is 1. The highest BCUT2D eigenvalue weighted by Gasteiger charge is 1.98. The van der Waals surface area contributed by atoms with Crippen molar-refractivity contribution in [3.63, 3.8) is 0 Å². The van der Waals surface area contributed by atoms with Crippen LogP contribution in [0.2, 0.25) is 0 Å². The number of nitrogens with two attached hydrogens (primary N) is 1. The molecular formula is C9H10BrN3OS. The maximum atomic E-state index is 5.22. The van der Waals surface area contributed by atoms with Crippen molar-refractivity contribution < 1.29 is 4.74 Å². The van der Waals surface area contributed by atoms with Crippen LogP contribution in [0.1, 0.15) is 5.56 Å². The molecule has 0 aliphatic carbocycles. The predicted molar refractivity (Wildman–Crippen MR) is 68.2 cm³/mol. The average molecular weight is 288 g/mol. The van der Waals surface area contributed by atoms with Crippen LogP contribution in [-0.4, -0.2) is 18.4 Å². The Morgan fingerprint density at radius 1 is 1.67 bits per heavy atom. The molecule has 1 rings (SSSR count). The van der Waals surface area contributed by atoms with Gasteiger partial charge in [-0.15, -0.1) is 0 Å². The van der Waals surface area contributed by atoms with Crippen molar-refractivity contribution in [1.82, 2.24) is 5.43 Å². The molecule has 0 aromatic heterocycles. The van der Waals surface area contributed by atoms with Gasteiger partial charge < -0.3 is 10.5 Å². The first-order chi connectivity index (χ1) is 7.13. The van der Waals surface area contributed by atoms with E-state index in [1.165, 1.54) is 0 Å². The second-order valence-corrected chi connectivity index (χ2v) is 3.92. The zero-order chi connectivity index (χ0) is 11.3. The largest absolute Gasteiger partial charge is 0.497 e. The van der Waals surface area contributed by atoms with Gasteiger partial charge in [0.05, 0.1) is 13.3 Å². The third-order valence-electron chi connectivity index (χ3n) is 1.58. The van der Waals surface area contributed by atoms with Gasteiger partial charge in [0.15, 0.2) is 5.11 Å². The highest BCUT2D eigenvalue weighted by atomic mass is 79.9. The lowest BCUT2D eigenvalue weighted by molar-refractivity contribution is 0.414. The number of hydrogen-bond acceptors (Lipinski definition) is 3. The molecule has 6 heteroatoms. The average Bonchev–Trinajstić information content (AvgIpc) is 2.20. The number of ether oxygens (including phenoxy) is 1. The van der Waals surface area contributed by atoms with Crippen LogP contribution in [0.15, 0.2) is 27.8 Å². The summed E-state index contributed by atoms with van der Waals surface area (Å²) in [5.74, 6) is 0.759. The maximum Gasteiger partial charge on any atom is 0.184 e. The molecule has 3 N–H and O–H groups in total. The zero-order valence-corrected chi connectivity index (χ0v) is 10.4. The van der Waals surface area contributed by atoms with Crippen LogP contribution in [0.5, 0.6) is 5.75 Å². The molecular weight excluding hydrogens is 278 g/mol. The quantitative estimate of drug-likeness (QED) is 0.504. The number of benzene rings is 1. The summed E-state index contributed by atoms with van der Waals surface area (Å²) in [7, 11) is 1.61. The van der Waals surface area contributed by atoms with Crippen LogP contribution in [0.25, 0.3) is 0 Å². The lowest BCUT2D eigenvalue weighted by atomic mass is 10.2. The number of nitrogens with one attached hydrogen (secondary N) is 1. The molecule has 15 heavy (non-hydrogen) atoms. The van der Waals surface area contributed by atoms with Crippen molar-refractivity contribution in [3.8, 4) is 5.75 Å². The van der Waals surface area contributed by atoms with E-state index < -0.39 is 0 Å². The van der Waals surface area contributed by atoms with E-state index in [0.717, 1.165) is 15.8 Å². The van der Waals surface area contributed by atoms with Gasteiger partial charge in [0.1, 0.15) is 5.75 Å². The minimum atomic E-state index is 0.130. The molecule has 1 aromatic rings. The molecule has 0 heterocycles. The third kappa shape index (κ3) is 3.85. The Morgan fingerprint density at radius 3 is 3.00 bits per heavy atom. The fourth-order valence-corrected chi connectivity index (χ4v) is 1.31. The second-order valence-electron chi connectivity index (χ2n) is 2.62. The van der Waals surface area contributed by atoms with E-state index in [9.17, 15) is 0 Å². The zero-order valence-electron chi connectivity index (χ0n) is 8.03. The third-order valence-corrected chi connectivity index (χ3v) is 2.40. The summed E-state index contributed by atoms with van der Waals surface area (Å²) in [6.45, 7) is 0. The SMILES string of the molecule is COc1ccc(Br)c(C=NNC(N)=S)c1. The summed E-state index contributed by atoms with van der Waals surface area (Å²) in [5.41, 5.74) is 8.57. The lowest BCUT2D eigenvalue weighted by Gasteiger charge is -2.02. The van der Waals surface area contributed by atoms with Crippen molar-refractivity contribution in [2.45, 2.75) is 0 Å². The maximum absolute atomic E-state index is 5.22.